The molecule has 5 rings (SSSR count). The van der Waals surface area contributed by atoms with Gasteiger partial charge in [-0.25, -0.2) is 4.52 Å². The van der Waals surface area contributed by atoms with Gasteiger partial charge in [0.2, 0.25) is 5.78 Å². The Balaban J connectivity index is 1.85. The lowest BCUT2D eigenvalue weighted by Gasteiger charge is -2.03. The predicted octanol–water partition coefficient (Wildman–Crippen LogP) is 4.07. The fourth-order valence-corrected chi connectivity index (χ4v) is 3.64. The van der Waals surface area contributed by atoms with Crippen LogP contribution in [-0.2, 0) is 0 Å². The lowest BCUT2D eigenvalue weighted by molar-refractivity contribution is 0.103. The molecule has 0 atom stereocenters. The summed E-state index contributed by atoms with van der Waals surface area (Å²) in [6.45, 7) is 1.95. The summed E-state index contributed by atoms with van der Waals surface area (Å²) in [4.78, 5) is 12.6. The molecule has 1 aliphatic carbocycles. The monoisotopic (exact) mass is 390 g/mol. The van der Waals surface area contributed by atoms with E-state index < -0.39 is 0 Å². The highest BCUT2D eigenvalue weighted by Gasteiger charge is 2.32. The molecule has 2 aromatic carbocycles. The quantitative estimate of drug-likeness (QED) is 0.432. The van der Waals surface area contributed by atoms with Crippen molar-refractivity contribution >= 4 is 27.4 Å². The number of nitrogens with zero attached hydrogens (tertiary/aromatic N) is 4. The maximum atomic E-state index is 12.6. The van der Waals surface area contributed by atoms with Gasteiger partial charge in [-0.3, -0.25) is 4.79 Å². The molecular formula is C19H11BrN4O. The Morgan fingerprint density at radius 3 is 2.44 bits per heavy atom. The van der Waals surface area contributed by atoms with Gasteiger partial charge in [0.05, 0.1) is 11.3 Å². The number of aryl methyl sites for hydroxylation is 1. The summed E-state index contributed by atoms with van der Waals surface area (Å²) in [6, 6.07) is 15.5. The van der Waals surface area contributed by atoms with Crippen LogP contribution >= 0.6 is 15.9 Å². The fraction of sp³-hybridized carbons (Fsp3) is 0.0526. The number of fused-ring (bicyclic) bond motifs is 5. The second kappa shape index (κ2) is 5.07. The Hall–Kier alpha value is -2.86. The molecule has 0 saturated carbocycles. The third kappa shape index (κ3) is 1.94. The molecule has 2 heterocycles. The molecular weight excluding hydrogens is 380 g/mol. The Morgan fingerprint density at radius 1 is 0.960 bits per heavy atom. The van der Waals surface area contributed by atoms with Crippen LogP contribution in [0, 0.1) is 6.92 Å². The zero-order chi connectivity index (χ0) is 17.1. The first-order chi connectivity index (χ1) is 12.1. The molecule has 0 amide bonds. The molecule has 2 aromatic heterocycles. The van der Waals surface area contributed by atoms with Crippen molar-refractivity contribution in [3.8, 4) is 22.4 Å². The first-order valence-corrected chi connectivity index (χ1v) is 8.60. The molecule has 0 bridgehead atoms. The number of carbonyl (C=O) groups is 1. The third-order valence-corrected chi connectivity index (χ3v) is 5.02. The van der Waals surface area contributed by atoms with Crippen LogP contribution in [0.3, 0.4) is 0 Å². The van der Waals surface area contributed by atoms with Crippen LogP contribution in [0.4, 0.5) is 0 Å². The molecule has 0 unspecified atom stereocenters. The topological polar surface area (TPSA) is 60.1 Å². The second-order valence-electron chi connectivity index (χ2n) is 5.97. The first kappa shape index (κ1) is 14.5. The minimum Gasteiger partial charge on any atom is -0.287 e. The summed E-state index contributed by atoms with van der Waals surface area (Å²) in [6.07, 6.45) is 0. The van der Waals surface area contributed by atoms with E-state index >= 15 is 0 Å². The van der Waals surface area contributed by atoms with Gasteiger partial charge in [-0.05, 0) is 24.6 Å². The minimum absolute atomic E-state index is 0.0988. The highest BCUT2D eigenvalue weighted by atomic mass is 79.9. The molecule has 0 fully saturated rings. The summed E-state index contributed by atoms with van der Waals surface area (Å²) in [5.41, 5.74) is 6.03. The minimum atomic E-state index is -0.0988. The molecule has 120 valence electrons. The Labute approximate surface area is 151 Å². The van der Waals surface area contributed by atoms with E-state index in [0.29, 0.717) is 16.9 Å². The van der Waals surface area contributed by atoms with E-state index in [2.05, 4.69) is 31.2 Å². The number of benzene rings is 2. The summed E-state index contributed by atoms with van der Waals surface area (Å²) >= 11 is 3.46. The highest BCUT2D eigenvalue weighted by Crippen LogP contribution is 2.37. The van der Waals surface area contributed by atoms with Crippen molar-refractivity contribution in [2.45, 2.75) is 6.92 Å². The molecule has 5 nitrogen and oxygen atoms in total. The van der Waals surface area contributed by atoms with Crippen LogP contribution in [0.1, 0.15) is 21.7 Å². The number of hydrogen-bond acceptors (Lipinski definition) is 4. The highest BCUT2D eigenvalue weighted by molar-refractivity contribution is 9.10. The second-order valence-corrected chi connectivity index (χ2v) is 6.89. The summed E-state index contributed by atoms with van der Waals surface area (Å²) in [5.74, 6) is -0.0988. The van der Waals surface area contributed by atoms with E-state index in [1.54, 1.807) is 4.52 Å². The Morgan fingerprint density at radius 2 is 1.68 bits per heavy atom. The molecule has 0 saturated heterocycles. The summed E-state index contributed by atoms with van der Waals surface area (Å²) < 4.78 is 2.76. The van der Waals surface area contributed by atoms with E-state index in [-0.39, 0.29) is 5.78 Å². The van der Waals surface area contributed by atoms with E-state index in [4.69, 9.17) is 0 Å². The van der Waals surface area contributed by atoms with Crippen molar-refractivity contribution in [2.75, 3.05) is 0 Å². The van der Waals surface area contributed by atoms with Crippen molar-refractivity contribution in [2.24, 2.45) is 0 Å². The summed E-state index contributed by atoms with van der Waals surface area (Å²) in [5, 5.41) is 13.2. The largest absolute Gasteiger partial charge is 0.287 e. The van der Waals surface area contributed by atoms with Gasteiger partial charge in [-0.1, -0.05) is 52.3 Å². The molecule has 0 N–H and O–H groups in total. The SMILES string of the molecule is Cc1nn2c3c(nnc2c1-c1ccc(Br)cc1)C(=O)c1ccccc1-3. The number of halogens is 1. The zero-order valence-corrected chi connectivity index (χ0v) is 14.8. The number of rotatable bonds is 1. The number of ketones is 1. The lowest BCUT2D eigenvalue weighted by Crippen LogP contribution is -2.04. The standard InChI is InChI=1S/C19H11BrN4O/c1-10-15(11-6-8-12(20)9-7-11)19-22-21-16-17(24(19)23-10)13-4-2-3-5-14(13)18(16)25/h2-9H,1H3. The van der Waals surface area contributed by atoms with Gasteiger partial charge in [0.1, 0.15) is 5.69 Å². The van der Waals surface area contributed by atoms with Crippen LogP contribution in [0.5, 0.6) is 0 Å². The van der Waals surface area contributed by atoms with Crippen molar-refractivity contribution in [3.05, 3.63) is 70.0 Å². The van der Waals surface area contributed by atoms with Gasteiger partial charge in [-0.2, -0.15) is 5.10 Å². The van der Waals surface area contributed by atoms with Crippen LogP contribution < -0.4 is 0 Å². The van der Waals surface area contributed by atoms with Crippen molar-refractivity contribution < 1.29 is 4.79 Å². The average molecular weight is 391 g/mol. The van der Waals surface area contributed by atoms with Gasteiger partial charge >= 0.3 is 0 Å². The van der Waals surface area contributed by atoms with Gasteiger partial charge < -0.3 is 0 Å². The first-order valence-electron chi connectivity index (χ1n) is 7.81. The number of aromatic nitrogens is 4. The Kier molecular flexibility index (Phi) is 2.93. The predicted molar refractivity (Wildman–Crippen MR) is 97.5 cm³/mol. The Bertz CT molecular complexity index is 1180. The molecule has 6 heteroatoms. The molecule has 0 spiro atoms. The van der Waals surface area contributed by atoms with Crippen LogP contribution in [-0.4, -0.2) is 25.6 Å². The van der Waals surface area contributed by atoms with E-state index in [1.807, 2.05) is 55.5 Å². The molecule has 4 aromatic rings. The van der Waals surface area contributed by atoms with Gasteiger partial charge in [-0.15, -0.1) is 10.2 Å². The molecule has 1 aliphatic rings. The van der Waals surface area contributed by atoms with E-state index in [9.17, 15) is 4.79 Å². The van der Waals surface area contributed by atoms with Gasteiger partial charge in [0, 0.05) is 15.6 Å². The summed E-state index contributed by atoms with van der Waals surface area (Å²) in [7, 11) is 0. The normalized spacial score (nSPS) is 12.5. The van der Waals surface area contributed by atoms with Crippen molar-refractivity contribution in [1.82, 2.24) is 19.8 Å². The van der Waals surface area contributed by atoms with Crippen LogP contribution in [0.25, 0.3) is 28.0 Å². The zero-order valence-electron chi connectivity index (χ0n) is 13.2. The van der Waals surface area contributed by atoms with Gasteiger partial charge in [0.15, 0.2) is 11.3 Å². The maximum Gasteiger partial charge on any atom is 0.216 e. The van der Waals surface area contributed by atoms with Crippen LogP contribution in [0.2, 0.25) is 0 Å². The van der Waals surface area contributed by atoms with Crippen molar-refractivity contribution in [1.29, 1.82) is 0 Å². The lowest BCUT2D eigenvalue weighted by atomic mass is 10.1. The van der Waals surface area contributed by atoms with Crippen LogP contribution in [0.15, 0.2) is 53.0 Å². The molecule has 25 heavy (non-hydrogen) atoms. The number of hydrogen-bond donors (Lipinski definition) is 0. The van der Waals surface area contributed by atoms with Gasteiger partial charge in [0.25, 0.3) is 0 Å². The number of carbonyl (C=O) groups excluding carboxylic acids is 1. The third-order valence-electron chi connectivity index (χ3n) is 4.49. The fourth-order valence-electron chi connectivity index (χ4n) is 3.37. The van der Waals surface area contributed by atoms with E-state index in [1.165, 1.54) is 0 Å². The average Bonchev–Trinajstić information content (AvgIpc) is 3.11. The molecule has 0 aliphatic heterocycles. The molecule has 0 radical (unpaired) electrons. The van der Waals surface area contributed by atoms with Crippen molar-refractivity contribution in [3.63, 3.8) is 0 Å². The smallest absolute Gasteiger partial charge is 0.216 e. The maximum absolute atomic E-state index is 12.6. The van der Waals surface area contributed by atoms with E-state index in [0.717, 1.165) is 32.6 Å².